The first kappa shape index (κ1) is 25.5. The van der Waals surface area contributed by atoms with Gasteiger partial charge in [0, 0.05) is 37.0 Å². The van der Waals surface area contributed by atoms with Crippen LogP contribution < -0.4 is 15.0 Å². The minimum atomic E-state index is -3.59. The van der Waals surface area contributed by atoms with Crippen LogP contribution in [0.2, 0.25) is 0 Å². The molecular weight excluding hydrogens is 454 g/mol. The predicted molar refractivity (Wildman–Crippen MR) is 133 cm³/mol. The van der Waals surface area contributed by atoms with Crippen LogP contribution in [0, 0.1) is 5.41 Å². The number of carbonyl (C=O) groups excluding carboxylic acids is 2. The number of fused-ring (bicyclic) bond motifs is 1. The highest BCUT2D eigenvalue weighted by atomic mass is 32.2. The fourth-order valence-corrected chi connectivity index (χ4v) is 5.19. The van der Waals surface area contributed by atoms with Crippen molar-refractivity contribution < 1.29 is 22.7 Å². The number of carbonyl (C=O) groups is 2. The summed E-state index contributed by atoms with van der Waals surface area (Å²) < 4.78 is 32.6. The van der Waals surface area contributed by atoms with Gasteiger partial charge in [0.2, 0.25) is 15.9 Å². The normalized spacial score (nSPS) is 15.3. The quantitative estimate of drug-likeness (QED) is 0.572. The molecule has 0 saturated heterocycles. The van der Waals surface area contributed by atoms with E-state index in [9.17, 15) is 18.0 Å². The fraction of sp³-hybridized carbons (Fsp3) is 0.360. The summed E-state index contributed by atoms with van der Waals surface area (Å²) in [5, 5.41) is 2.81. The van der Waals surface area contributed by atoms with Crippen molar-refractivity contribution in [3.8, 4) is 5.75 Å². The van der Waals surface area contributed by atoms with Crippen LogP contribution in [-0.2, 0) is 14.8 Å². The number of hydrogen-bond donors (Lipinski definition) is 1. The summed E-state index contributed by atoms with van der Waals surface area (Å²) >= 11 is 0. The average Bonchev–Trinajstić information content (AvgIpc) is 2.90. The first-order chi connectivity index (χ1) is 16.0. The highest BCUT2D eigenvalue weighted by Gasteiger charge is 2.37. The Morgan fingerprint density at radius 3 is 2.41 bits per heavy atom. The molecule has 0 atom stereocenters. The first-order valence-corrected chi connectivity index (χ1v) is 12.6. The van der Waals surface area contributed by atoms with E-state index in [1.807, 2.05) is 13.8 Å². The van der Waals surface area contributed by atoms with Crippen LogP contribution in [0.5, 0.6) is 5.75 Å². The summed E-state index contributed by atoms with van der Waals surface area (Å²) in [6.45, 7) is 12.2. The molecule has 2 aromatic rings. The smallest absolute Gasteiger partial charge is 0.255 e. The van der Waals surface area contributed by atoms with Crippen molar-refractivity contribution in [2.24, 2.45) is 5.41 Å². The molecule has 2 amide bonds. The van der Waals surface area contributed by atoms with Gasteiger partial charge in [0.1, 0.15) is 12.4 Å². The third kappa shape index (κ3) is 5.00. The van der Waals surface area contributed by atoms with Gasteiger partial charge >= 0.3 is 0 Å². The van der Waals surface area contributed by atoms with Crippen molar-refractivity contribution in [3.05, 3.63) is 60.7 Å². The molecule has 3 rings (SSSR count). The first-order valence-electron chi connectivity index (χ1n) is 11.2. The van der Waals surface area contributed by atoms with E-state index in [1.165, 1.54) is 28.6 Å². The molecule has 1 heterocycles. The zero-order valence-corrected chi connectivity index (χ0v) is 20.8. The summed E-state index contributed by atoms with van der Waals surface area (Å²) in [5.74, 6) is 0.0293. The van der Waals surface area contributed by atoms with E-state index in [2.05, 4.69) is 11.9 Å². The van der Waals surface area contributed by atoms with Gasteiger partial charge in [0.05, 0.1) is 16.0 Å². The Balaban J connectivity index is 1.82. The lowest BCUT2D eigenvalue weighted by molar-refractivity contribution is -0.127. The van der Waals surface area contributed by atoms with E-state index >= 15 is 0 Å². The zero-order valence-electron chi connectivity index (χ0n) is 20.0. The molecule has 0 aromatic heterocycles. The highest BCUT2D eigenvalue weighted by molar-refractivity contribution is 7.89. The monoisotopic (exact) mass is 485 g/mol. The van der Waals surface area contributed by atoms with Crippen LogP contribution in [0.15, 0.2) is 60.0 Å². The minimum absolute atomic E-state index is 0.0670. The Bertz CT molecular complexity index is 1190. The van der Waals surface area contributed by atoms with Gasteiger partial charge in [0.15, 0.2) is 0 Å². The van der Waals surface area contributed by atoms with Crippen molar-refractivity contribution in [3.63, 3.8) is 0 Å². The van der Waals surface area contributed by atoms with Crippen LogP contribution >= 0.6 is 0 Å². The molecule has 0 radical (unpaired) electrons. The molecule has 0 spiro atoms. The second-order valence-corrected chi connectivity index (χ2v) is 10.6. The zero-order chi connectivity index (χ0) is 25.1. The molecule has 9 heteroatoms. The number of ether oxygens (including phenoxy) is 1. The van der Waals surface area contributed by atoms with E-state index in [0.29, 0.717) is 42.3 Å². The second-order valence-electron chi connectivity index (χ2n) is 8.63. The summed E-state index contributed by atoms with van der Waals surface area (Å²) in [6, 6.07) is 10.9. The van der Waals surface area contributed by atoms with E-state index in [-0.39, 0.29) is 23.3 Å². The van der Waals surface area contributed by atoms with Crippen molar-refractivity contribution in [2.45, 2.75) is 32.6 Å². The number of nitrogens with one attached hydrogen (secondary N) is 1. The van der Waals surface area contributed by atoms with E-state index in [1.54, 1.807) is 43.0 Å². The van der Waals surface area contributed by atoms with Gasteiger partial charge in [0.25, 0.3) is 5.91 Å². The van der Waals surface area contributed by atoms with Gasteiger partial charge in [-0.15, -0.1) is 6.58 Å². The van der Waals surface area contributed by atoms with Crippen LogP contribution in [0.3, 0.4) is 0 Å². The van der Waals surface area contributed by atoms with Gasteiger partial charge in [-0.1, -0.05) is 19.9 Å². The molecule has 0 unspecified atom stereocenters. The fourth-order valence-electron chi connectivity index (χ4n) is 3.73. The second kappa shape index (κ2) is 9.99. The molecule has 1 aliphatic heterocycles. The van der Waals surface area contributed by atoms with Crippen LogP contribution in [0.4, 0.5) is 11.4 Å². The number of amides is 2. The Labute approximate surface area is 201 Å². The number of sulfonamides is 1. The molecule has 0 fully saturated rings. The van der Waals surface area contributed by atoms with Crippen molar-refractivity contribution in [1.82, 2.24) is 4.31 Å². The van der Waals surface area contributed by atoms with E-state index in [4.69, 9.17) is 4.74 Å². The molecular formula is C25H31N3O5S. The summed E-state index contributed by atoms with van der Waals surface area (Å²) in [5.41, 5.74) is 0.714. The van der Waals surface area contributed by atoms with Crippen LogP contribution in [-0.4, -0.2) is 50.8 Å². The lowest BCUT2D eigenvalue weighted by Crippen LogP contribution is -2.42. The number of anilines is 2. The van der Waals surface area contributed by atoms with Gasteiger partial charge in [-0.3, -0.25) is 9.59 Å². The molecule has 182 valence electrons. The van der Waals surface area contributed by atoms with Gasteiger partial charge in [-0.05, 0) is 50.2 Å². The molecule has 2 aromatic carbocycles. The summed E-state index contributed by atoms with van der Waals surface area (Å²) in [4.78, 5) is 27.5. The van der Waals surface area contributed by atoms with Crippen molar-refractivity contribution >= 4 is 33.2 Å². The SMILES string of the molecule is C=CCN1C(=O)C(C)(C)COc2cc(NC(=O)c3ccc(S(=O)(=O)N(CC)CC)cc3)ccc21. The molecule has 0 bridgehead atoms. The van der Waals surface area contributed by atoms with Crippen LogP contribution in [0.25, 0.3) is 0 Å². The molecule has 8 nitrogen and oxygen atoms in total. The number of nitrogens with zero attached hydrogens (tertiary/aromatic N) is 2. The Kier molecular flexibility index (Phi) is 7.48. The minimum Gasteiger partial charge on any atom is -0.490 e. The topological polar surface area (TPSA) is 96.0 Å². The lowest BCUT2D eigenvalue weighted by Gasteiger charge is -2.27. The van der Waals surface area contributed by atoms with E-state index < -0.39 is 15.4 Å². The van der Waals surface area contributed by atoms with E-state index in [0.717, 1.165) is 0 Å². The lowest BCUT2D eigenvalue weighted by atomic mass is 9.93. The van der Waals surface area contributed by atoms with Gasteiger partial charge in [-0.2, -0.15) is 4.31 Å². The molecule has 1 aliphatic rings. The average molecular weight is 486 g/mol. The standard InChI is InChI=1S/C25H31N3O5S/c1-6-15-28-21-14-11-19(16-22(21)33-17-25(4,5)24(28)30)26-23(29)18-9-12-20(13-10-18)34(31,32)27(7-2)8-3/h6,9-14,16H,1,7-8,15,17H2,2-5H3,(H,26,29). The maximum absolute atomic E-state index is 12.9. The highest BCUT2D eigenvalue weighted by Crippen LogP contribution is 2.38. The largest absolute Gasteiger partial charge is 0.490 e. The summed E-state index contributed by atoms with van der Waals surface area (Å²) in [6.07, 6.45) is 1.66. The third-order valence-electron chi connectivity index (χ3n) is 5.69. The number of benzene rings is 2. The van der Waals surface area contributed by atoms with Crippen LogP contribution in [0.1, 0.15) is 38.1 Å². The molecule has 1 N–H and O–H groups in total. The Hall–Kier alpha value is -3.17. The number of hydrogen-bond acceptors (Lipinski definition) is 5. The van der Waals surface area contributed by atoms with Gasteiger partial charge in [-0.25, -0.2) is 8.42 Å². The maximum atomic E-state index is 12.9. The van der Waals surface area contributed by atoms with Crippen molar-refractivity contribution in [2.75, 3.05) is 36.5 Å². The Morgan fingerprint density at radius 2 is 1.82 bits per heavy atom. The molecule has 34 heavy (non-hydrogen) atoms. The summed E-state index contributed by atoms with van der Waals surface area (Å²) in [7, 11) is -3.59. The maximum Gasteiger partial charge on any atom is 0.255 e. The predicted octanol–water partition coefficient (Wildman–Crippen LogP) is 3.91. The third-order valence-corrected chi connectivity index (χ3v) is 7.76. The molecule has 0 saturated carbocycles. The van der Waals surface area contributed by atoms with Gasteiger partial charge < -0.3 is 15.0 Å². The van der Waals surface area contributed by atoms with Crippen molar-refractivity contribution in [1.29, 1.82) is 0 Å². The number of rotatable bonds is 8. The molecule has 0 aliphatic carbocycles. The Morgan fingerprint density at radius 1 is 1.18 bits per heavy atom.